The standard InChI is InChI=1S/C27H30Cl2O5/c1-16(2)7-6-8-17(3)9-11-19-21(14-23(30)20-12-10-18(28)13-22(20)29)26(27(31)32)25(34-5)15-24(19)33-4/h7,9-10,12-13,15H,6,8,11,14H2,1-5H3,(H,31,32)/b17-9+. The summed E-state index contributed by atoms with van der Waals surface area (Å²) in [5.41, 5.74) is 3.59. The number of hydrogen-bond donors (Lipinski definition) is 1. The van der Waals surface area contributed by atoms with Gasteiger partial charge in [-0.2, -0.15) is 0 Å². The van der Waals surface area contributed by atoms with Crippen molar-refractivity contribution < 1.29 is 24.2 Å². The third-order valence-electron chi connectivity index (χ3n) is 5.44. The lowest BCUT2D eigenvalue weighted by Gasteiger charge is -2.19. The number of rotatable bonds is 11. The fraction of sp³-hybridized carbons (Fsp3) is 0.333. The molecule has 0 aromatic heterocycles. The molecule has 0 aliphatic heterocycles. The Bertz CT molecular complexity index is 1130. The van der Waals surface area contributed by atoms with Gasteiger partial charge in [0.25, 0.3) is 0 Å². The first-order chi connectivity index (χ1) is 16.1. The molecule has 0 atom stereocenters. The van der Waals surface area contributed by atoms with E-state index in [0.29, 0.717) is 28.3 Å². The number of ether oxygens (including phenoxy) is 2. The minimum absolute atomic E-state index is 0.0627. The van der Waals surface area contributed by atoms with Gasteiger partial charge in [0.1, 0.15) is 17.1 Å². The molecule has 182 valence electrons. The number of carbonyl (C=O) groups excluding carboxylic acids is 1. The number of carboxylic acid groups (broad SMARTS) is 1. The molecule has 2 rings (SSSR count). The average Bonchev–Trinajstić information content (AvgIpc) is 2.76. The monoisotopic (exact) mass is 504 g/mol. The Morgan fingerprint density at radius 3 is 2.21 bits per heavy atom. The largest absolute Gasteiger partial charge is 0.496 e. The van der Waals surface area contributed by atoms with E-state index in [4.69, 9.17) is 32.7 Å². The summed E-state index contributed by atoms with van der Waals surface area (Å²) in [6.07, 6.45) is 6.24. The number of carboxylic acids is 1. The van der Waals surface area contributed by atoms with Crippen LogP contribution in [-0.2, 0) is 12.8 Å². The Balaban J connectivity index is 2.57. The number of hydrogen-bond acceptors (Lipinski definition) is 4. The second-order valence-corrected chi connectivity index (χ2v) is 9.06. The SMILES string of the molecule is COc1cc(OC)c(C(=O)O)c(CC(=O)c2ccc(Cl)cc2Cl)c1C/C=C(\C)CCC=C(C)C. The summed E-state index contributed by atoms with van der Waals surface area (Å²) in [5.74, 6) is -0.928. The summed E-state index contributed by atoms with van der Waals surface area (Å²) >= 11 is 12.2. The fourth-order valence-corrected chi connectivity index (χ4v) is 4.18. The van der Waals surface area contributed by atoms with Crippen LogP contribution in [-0.4, -0.2) is 31.1 Å². The molecule has 2 aromatic rings. The van der Waals surface area contributed by atoms with Gasteiger partial charge in [0.2, 0.25) is 0 Å². The number of Topliss-reactive ketones (excluding diaryl/α,β-unsaturated/α-hetero) is 1. The van der Waals surface area contributed by atoms with Crippen LogP contribution >= 0.6 is 23.2 Å². The zero-order valence-corrected chi connectivity index (χ0v) is 21.6. The highest BCUT2D eigenvalue weighted by Gasteiger charge is 2.26. The van der Waals surface area contributed by atoms with E-state index in [1.807, 2.05) is 13.0 Å². The molecule has 0 saturated heterocycles. The molecule has 0 bridgehead atoms. The van der Waals surface area contributed by atoms with Crippen molar-refractivity contribution in [2.24, 2.45) is 0 Å². The van der Waals surface area contributed by atoms with Crippen LogP contribution in [0, 0.1) is 0 Å². The summed E-state index contributed by atoms with van der Waals surface area (Å²) in [6, 6.07) is 6.15. The van der Waals surface area contributed by atoms with E-state index in [1.54, 1.807) is 12.1 Å². The number of carbonyl (C=O) groups is 2. The fourth-order valence-electron chi connectivity index (χ4n) is 3.66. The summed E-state index contributed by atoms with van der Waals surface area (Å²) in [4.78, 5) is 25.4. The van der Waals surface area contributed by atoms with Crippen LogP contribution in [0.2, 0.25) is 10.0 Å². The number of aromatic carboxylic acids is 1. The van der Waals surface area contributed by atoms with E-state index in [1.165, 1.54) is 31.9 Å². The van der Waals surface area contributed by atoms with Crippen molar-refractivity contribution in [2.45, 2.75) is 46.5 Å². The second-order valence-electron chi connectivity index (χ2n) is 8.22. The van der Waals surface area contributed by atoms with Crippen LogP contribution in [0.1, 0.15) is 65.5 Å². The summed E-state index contributed by atoms with van der Waals surface area (Å²) in [6.45, 7) is 6.15. The third-order valence-corrected chi connectivity index (χ3v) is 5.99. The predicted octanol–water partition coefficient (Wildman–Crippen LogP) is 7.37. The van der Waals surface area contributed by atoms with Gasteiger partial charge < -0.3 is 14.6 Å². The molecule has 7 heteroatoms. The number of halogens is 2. The first-order valence-electron chi connectivity index (χ1n) is 10.9. The first-order valence-corrected chi connectivity index (χ1v) is 11.6. The lowest BCUT2D eigenvalue weighted by Crippen LogP contribution is -2.14. The van der Waals surface area contributed by atoms with Crippen molar-refractivity contribution in [3.05, 3.63) is 79.9 Å². The average molecular weight is 505 g/mol. The lowest BCUT2D eigenvalue weighted by atomic mass is 9.90. The van der Waals surface area contributed by atoms with Crippen LogP contribution in [0.5, 0.6) is 11.5 Å². The lowest BCUT2D eigenvalue weighted by molar-refractivity contribution is 0.0692. The Hall–Kier alpha value is -2.76. The molecule has 1 N–H and O–H groups in total. The molecule has 0 amide bonds. The normalized spacial score (nSPS) is 11.2. The van der Waals surface area contributed by atoms with Gasteiger partial charge in [0.05, 0.1) is 19.2 Å². The van der Waals surface area contributed by atoms with Crippen molar-refractivity contribution in [1.82, 2.24) is 0 Å². The van der Waals surface area contributed by atoms with Crippen molar-refractivity contribution in [3.63, 3.8) is 0 Å². The molecule has 0 spiro atoms. The molecule has 34 heavy (non-hydrogen) atoms. The molecular formula is C27H30Cl2O5. The van der Waals surface area contributed by atoms with Gasteiger partial charge in [-0.25, -0.2) is 4.79 Å². The maximum atomic E-state index is 13.2. The molecule has 2 aromatic carbocycles. The molecule has 0 fully saturated rings. The van der Waals surface area contributed by atoms with E-state index in [0.717, 1.165) is 18.4 Å². The van der Waals surface area contributed by atoms with Crippen LogP contribution in [0.15, 0.2) is 47.6 Å². The van der Waals surface area contributed by atoms with Gasteiger partial charge in [-0.3, -0.25) is 4.79 Å². The number of ketones is 1. The first kappa shape index (κ1) is 27.5. The van der Waals surface area contributed by atoms with E-state index in [9.17, 15) is 14.7 Å². The van der Waals surface area contributed by atoms with E-state index >= 15 is 0 Å². The minimum atomic E-state index is -1.19. The maximum Gasteiger partial charge on any atom is 0.339 e. The highest BCUT2D eigenvalue weighted by atomic mass is 35.5. The topological polar surface area (TPSA) is 72.8 Å². The van der Waals surface area contributed by atoms with Crippen LogP contribution < -0.4 is 9.47 Å². The summed E-state index contributed by atoms with van der Waals surface area (Å²) < 4.78 is 10.9. The van der Waals surface area contributed by atoms with E-state index in [2.05, 4.69) is 19.9 Å². The molecule has 0 heterocycles. The van der Waals surface area contributed by atoms with Crippen LogP contribution in [0.3, 0.4) is 0 Å². The Morgan fingerprint density at radius 2 is 1.65 bits per heavy atom. The van der Waals surface area contributed by atoms with E-state index in [-0.39, 0.29) is 34.1 Å². The predicted molar refractivity (Wildman–Crippen MR) is 137 cm³/mol. The quantitative estimate of drug-likeness (QED) is 0.255. The van der Waals surface area contributed by atoms with Gasteiger partial charge in [0.15, 0.2) is 5.78 Å². The Labute approximate surface area is 211 Å². The smallest absolute Gasteiger partial charge is 0.339 e. The van der Waals surface area contributed by atoms with Gasteiger partial charge >= 0.3 is 5.97 Å². The summed E-state index contributed by atoms with van der Waals surface area (Å²) in [7, 11) is 2.89. The highest BCUT2D eigenvalue weighted by molar-refractivity contribution is 6.36. The van der Waals surface area contributed by atoms with Crippen molar-refractivity contribution in [1.29, 1.82) is 0 Å². The zero-order valence-electron chi connectivity index (χ0n) is 20.1. The molecule has 5 nitrogen and oxygen atoms in total. The van der Waals surface area contributed by atoms with Crippen molar-refractivity contribution in [2.75, 3.05) is 14.2 Å². The van der Waals surface area contributed by atoms with Crippen molar-refractivity contribution >= 4 is 35.0 Å². The summed E-state index contributed by atoms with van der Waals surface area (Å²) in [5, 5.41) is 10.6. The van der Waals surface area contributed by atoms with Crippen molar-refractivity contribution in [3.8, 4) is 11.5 Å². The minimum Gasteiger partial charge on any atom is -0.496 e. The molecular weight excluding hydrogens is 475 g/mol. The maximum absolute atomic E-state index is 13.2. The molecule has 0 unspecified atom stereocenters. The number of benzene rings is 2. The highest BCUT2D eigenvalue weighted by Crippen LogP contribution is 2.36. The molecule has 0 saturated carbocycles. The Kier molecular flexibility index (Phi) is 10.2. The van der Waals surface area contributed by atoms with Gasteiger partial charge in [-0.05, 0) is 63.8 Å². The second kappa shape index (κ2) is 12.6. The zero-order chi connectivity index (χ0) is 25.4. The number of allylic oxidation sites excluding steroid dienone is 4. The van der Waals surface area contributed by atoms with Crippen LogP contribution in [0.4, 0.5) is 0 Å². The molecule has 0 radical (unpaired) electrons. The van der Waals surface area contributed by atoms with Gasteiger partial charge in [-0.1, -0.05) is 46.5 Å². The molecule has 0 aliphatic rings. The van der Waals surface area contributed by atoms with Crippen LogP contribution in [0.25, 0.3) is 0 Å². The van der Waals surface area contributed by atoms with E-state index < -0.39 is 5.97 Å². The third kappa shape index (κ3) is 7.12. The van der Waals surface area contributed by atoms with Gasteiger partial charge in [-0.15, -0.1) is 0 Å². The molecule has 0 aliphatic carbocycles. The van der Waals surface area contributed by atoms with Gasteiger partial charge in [0, 0.05) is 28.6 Å². The Morgan fingerprint density at radius 1 is 0.971 bits per heavy atom. The number of methoxy groups -OCH3 is 2.